The molecule has 0 saturated heterocycles. The molecular formula is C65H44N2. The Bertz CT molecular complexity index is 3670. The summed E-state index contributed by atoms with van der Waals surface area (Å²) in [6.45, 7) is 0. The van der Waals surface area contributed by atoms with E-state index in [1.807, 2.05) is 0 Å². The molecule has 1 aromatic heterocycles. The fourth-order valence-electron chi connectivity index (χ4n) is 11.2. The zero-order valence-electron chi connectivity index (χ0n) is 36.8. The van der Waals surface area contributed by atoms with Gasteiger partial charge in [0.05, 0.1) is 16.4 Å². The molecule has 0 aliphatic heterocycles. The topological polar surface area (TPSA) is 8.17 Å². The normalized spacial score (nSPS) is 12.6. The van der Waals surface area contributed by atoms with Crippen molar-refractivity contribution in [2.24, 2.45) is 0 Å². The Hall–Kier alpha value is -8.72. The number of hydrogen-bond donors (Lipinski definition) is 0. The molecule has 0 spiro atoms. The summed E-state index contributed by atoms with van der Waals surface area (Å²) in [6, 6.07) is 97.9. The smallest absolute Gasteiger partial charge is 0.0713 e. The fourth-order valence-corrected chi connectivity index (χ4v) is 11.2. The molecule has 1 aliphatic rings. The molecule has 1 heterocycles. The number of hydrogen-bond acceptors (Lipinski definition) is 1. The number of fused-ring (bicyclic) bond motifs is 7. The van der Waals surface area contributed by atoms with E-state index in [1.165, 1.54) is 88.2 Å². The van der Waals surface area contributed by atoms with Crippen LogP contribution in [0.3, 0.4) is 0 Å². The maximum Gasteiger partial charge on any atom is 0.0713 e. The molecule has 2 nitrogen and oxygen atoms in total. The summed E-state index contributed by atoms with van der Waals surface area (Å²) in [5, 5.41) is 5.01. The molecule has 13 rings (SSSR count). The highest BCUT2D eigenvalue weighted by molar-refractivity contribution is 6.09. The summed E-state index contributed by atoms with van der Waals surface area (Å²) >= 11 is 0. The predicted molar refractivity (Wildman–Crippen MR) is 281 cm³/mol. The second-order valence-electron chi connectivity index (χ2n) is 17.6. The van der Waals surface area contributed by atoms with E-state index in [0.29, 0.717) is 0 Å². The summed E-state index contributed by atoms with van der Waals surface area (Å²) in [7, 11) is 0. The first-order valence-corrected chi connectivity index (χ1v) is 23.2. The van der Waals surface area contributed by atoms with Crippen molar-refractivity contribution in [3.8, 4) is 39.1 Å². The molecule has 0 bridgehead atoms. The molecule has 0 radical (unpaired) electrons. The van der Waals surface area contributed by atoms with Gasteiger partial charge in [-0.25, -0.2) is 0 Å². The van der Waals surface area contributed by atoms with Gasteiger partial charge in [0.25, 0.3) is 0 Å². The highest BCUT2D eigenvalue weighted by Crippen LogP contribution is 2.56. The van der Waals surface area contributed by atoms with Gasteiger partial charge in [0.2, 0.25) is 0 Å². The van der Waals surface area contributed by atoms with Crippen molar-refractivity contribution in [3.05, 3.63) is 289 Å². The Balaban J connectivity index is 0.962. The van der Waals surface area contributed by atoms with Gasteiger partial charge in [-0.15, -0.1) is 0 Å². The van der Waals surface area contributed by atoms with Crippen molar-refractivity contribution in [1.82, 2.24) is 4.57 Å². The molecule has 0 saturated carbocycles. The molecule has 2 heteroatoms. The maximum absolute atomic E-state index is 2.40. The van der Waals surface area contributed by atoms with E-state index < -0.39 is 5.41 Å². The zero-order chi connectivity index (χ0) is 44.3. The number of anilines is 3. The molecule has 0 atom stereocenters. The lowest BCUT2D eigenvalue weighted by molar-refractivity contribution is 0.768. The number of rotatable bonds is 8. The van der Waals surface area contributed by atoms with Gasteiger partial charge in [0.1, 0.15) is 0 Å². The Morgan fingerprint density at radius 1 is 0.299 bits per heavy atom. The van der Waals surface area contributed by atoms with Crippen molar-refractivity contribution < 1.29 is 0 Å². The second kappa shape index (κ2) is 15.8. The molecule has 0 unspecified atom stereocenters. The van der Waals surface area contributed by atoms with Gasteiger partial charge in [-0.2, -0.15) is 0 Å². The lowest BCUT2D eigenvalue weighted by atomic mass is 9.68. The van der Waals surface area contributed by atoms with E-state index >= 15 is 0 Å². The maximum atomic E-state index is 2.40. The third-order valence-corrected chi connectivity index (χ3v) is 14.1. The molecular weight excluding hydrogens is 809 g/mol. The van der Waals surface area contributed by atoms with Crippen LogP contribution in [0.25, 0.3) is 71.6 Å². The molecule has 11 aromatic carbocycles. The number of aromatic nitrogens is 1. The first kappa shape index (κ1) is 38.7. The minimum absolute atomic E-state index is 0.472. The van der Waals surface area contributed by atoms with Crippen LogP contribution in [0.5, 0.6) is 0 Å². The largest absolute Gasteiger partial charge is 0.311 e. The second-order valence-corrected chi connectivity index (χ2v) is 17.6. The Kier molecular flexibility index (Phi) is 9.11. The molecule has 0 N–H and O–H groups in total. The SMILES string of the molecule is c1ccc(-c2cccc3cccc(-c4ccc(N(c5ccc(-n6c7ccccc7c7ccccc76)cc5)c5ccc(C6(c7ccccc7)c7ccccc7-c7ccccc76)cc5)cc4)c23)cc1. The molecule has 0 fully saturated rings. The first-order chi connectivity index (χ1) is 33.3. The van der Waals surface area contributed by atoms with E-state index in [0.717, 1.165) is 22.7 Å². The minimum Gasteiger partial charge on any atom is -0.311 e. The number of para-hydroxylation sites is 2. The quantitative estimate of drug-likeness (QED) is 0.148. The molecule has 0 amide bonds. The number of nitrogens with zero attached hydrogens (tertiary/aromatic N) is 2. The van der Waals surface area contributed by atoms with Crippen LogP contribution in [-0.4, -0.2) is 4.57 Å². The van der Waals surface area contributed by atoms with Gasteiger partial charge in [0.15, 0.2) is 0 Å². The minimum atomic E-state index is -0.472. The van der Waals surface area contributed by atoms with Crippen LogP contribution in [0.1, 0.15) is 22.3 Å². The summed E-state index contributed by atoms with van der Waals surface area (Å²) in [6.07, 6.45) is 0. The Morgan fingerprint density at radius 3 is 1.28 bits per heavy atom. The Morgan fingerprint density at radius 2 is 0.716 bits per heavy atom. The van der Waals surface area contributed by atoms with Crippen LogP contribution in [0.15, 0.2) is 267 Å². The van der Waals surface area contributed by atoms with E-state index in [-0.39, 0.29) is 0 Å². The van der Waals surface area contributed by atoms with Crippen molar-refractivity contribution in [2.45, 2.75) is 5.41 Å². The average Bonchev–Trinajstić information content (AvgIpc) is 3.91. The molecule has 12 aromatic rings. The van der Waals surface area contributed by atoms with Crippen LogP contribution in [0.4, 0.5) is 17.1 Å². The van der Waals surface area contributed by atoms with E-state index in [9.17, 15) is 0 Å². The van der Waals surface area contributed by atoms with E-state index in [1.54, 1.807) is 0 Å². The van der Waals surface area contributed by atoms with Crippen molar-refractivity contribution in [2.75, 3.05) is 4.90 Å². The van der Waals surface area contributed by atoms with Crippen LogP contribution in [-0.2, 0) is 5.41 Å². The average molecular weight is 853 g/mol. The standard InChI is InChI=1S/C65H44N2/c1-3-17-45(18-4-1)54-27-15-19-47-20-16-28-55(64(47)54)46-33-37-50(38-34-46)66(52-41-43-53(44-42-52)67-62-31-13-9-25-58(62)59-26-10-14-32-63(59)67)51-39-35-49(36-40-51)65(48-21-5-2-6-22-48)60-29-11-7-23-56(60)57-24-8-12-30-61(57)65/h1-44H. The third-order valence-electron chi connectivity index (χ3n) is 14.1. The summed E-state index contributed by atoms with van der Waals surface area (Å²) in [5.74, 6) is 0. The van der Waals surface area contributed by atoms with Gasteiger partial charge >= 0.3 is 0 Å². The van der Waals surface area contributed by atoms with Gasteiger partial charge in [0, 0.05) is 33.5 Å². The lowest BCUT2D eigenvalue weighted by Gasteiger charge is -2.34. The molecule has 1 aliphatic carbocycles. The molecule has 67 heavy (non-hydrogen) atoms. The van der Waals surface area contributed by atoms with Crippen LogP contribution >= 0.6 is 0 Å². The predicted octanol–water partition coefficient (Wildman–Crippen LogP) is 17.1. The molecule has 314 valence electrons. The Labute approximate surface area is 390 Å². The monoisotopic (exact) mass is 852 g/mol. The van der Waals surface area contributed by atoms with Crippen molar-refractivity contribution >= 4 is 49.6 Å². The van der Waals surface area contributed by atoms with Crippen LogP contribution < -0.4 is 4.90 Å². The highest BCUT2D eigenvalue weighted by atomic mass is 15.1. The lowest BCUT2D eigenvalue weighted by Crippen LogP contribution is -2.28. The summed E-state index contributed by atoms with van der Waals surface area (Å²) < 4.78 is 2.39. The summed E-state index contributed by atoms with van der Waals surface area (Å²) in [4.78, 5) is 2.40. The zero-order valence-corrected chi connectivity index (χ0v) is 36.8. The highest BCUT2D eigenvalue weighted by Gasteiger charge is 2.45. The van der Waals surface area contributed by atoms with Crippen LogP contribution in [0, 0.1) is 0 Å². The number of benzene rings is 11. The van der Waals surface area contributed by atoms with Gasteiger partial charge in [-0.05, 0) is 127 Å². The summed E-state index contributed by atoms with van der Waals surface area (Å²) in [5.41, 5.74) is 18.9. The van der Waals surface area contributed by atoms with Gasteiger partial charge in [-0.3, -0.25) is 0 Å². The first-order valence-electron chi connectivity index (χ1n) is 23.2. The van der Waals surface area contributed by atoms with Crippen LogP contribution in [0.2, 0.25) is 0 Å². The van der Waals surface area contributed by atoms with E-state index in [2.05, 4.69) is 276 Å². The van der Waals surface area contributed by atoms with Gasteiger partial charge in [-0.1, -0.05) is 206 Å². The van der Waals surface area contributed by atoms with Gasteiger partial charge < -0.3 is 9.47 Å². The van der Waals surface area contributed by atoms with E-state index in [4.69, 9.17) is 0 Å². The van der Waals surface area contributed by atoms with Crippen molar-refractivity contribution in [3.63, 3.8) is 0 Å². The van der Waals surface area contributed by atoms with Crippen molar-refractivity contribution in [1.29, 1.82) is 0 Å². The third kappa shape index (κ3) is 6.11. The fraction of sp³-hybridized carbons (Fsp3) is 0.0154.